The molecule has 2 saturated carbocycles. The number of amides is 1. The van der Waals surface area contributed by atoms with Gasteiger partial charge in [0.25, 0.3) is 5.91 Å². The van der Waals surface area contributed by atoms with Crippen LogP contribution in [0.4, 0.5) is 18.9 Å². The number of aliphatic hydroxyl groups excluding tert-OH is 1. The van der Waals surface area contributed by atoms with Crippen LogP contribution in [0, 0.1) is 29.3 Å². The molecule has 3 N–H and O–H groups in total. The number of azide groups is 1. The third-order valence-corrected chi connectivity index (χ3v) is 9.95. The highest BCUT2D eigenvalue weighted by Gasteiger charge is 2.58. The van der Waals surface area contributed by atoms with Gasteiger partial charge in [0, 0.05) is 28.3 Å². The first-order valence-corrected chi connectivity index (χ1v) is 13.2. The lowest BCUT2D eigenvalue weighted by Gasteiger charge is -2.45. The van der Waals surface area contributed by atoms with E-state index in [0.29, 0.717) is 25.0 Å². The SMILES string of the molecule is [N-]=[N+]=NCC(O)[C@@]1(O)C2CC[C@H]1C[C@H](S(=O)(=O)c1cc(C(=O)Nc3cc(F)c(F)c(F)c3)ccc1Cl)C2. The average Bonchev–Trinajstić information content (AvgIpc) is 3.01. The number of carbonyl (C=O) groups excluding carboxylic acids is 1. The summed E-state index contributed by atoms with van der Waals surface area (Å²) in [6, 6.07) is 4.63. The second-order valence-electron chi connectivity index (χ2n) is 9.28. The van der Waals surface area contributed by atoms with Gasteiger partial charge in [-0.2, -0.15) is 0 Å². The van der Waals surface area contributed by atoms with Crippen molar-refractivity contribution < 1.29 is 36.6 Å². The standard InChI is InChI=1S/C23H22ClF3N4O5S/c24-16-4-1-11(22(33)30-14-8-17(25)21(27)18(26)9-14)5-19(16)37(35,36)15-6-12-2-3-13(7-15)23(12,34)20(32)10-29-31-28/h1,4-5,8-9,12-13,15,20,32,34H,2-3,6-7,10H2,(H,30,33)/t12-,13?,15-,20?,23-/m0/s1. The summed E-state index contributed by atoms with van der Waals surface area (Å²) >= 11 is 6.19. The summed E-state index contributed by atoms with van der Waals surface area (Å²) in [5, 5.41) is 26.1. The first-order chi connectivity index (χ1) is 17.4. The van der Waals surface area contributed by atoms with Crippen LogP contribution in [-0.2, 0) is 9.84 Å². The van der Waals surface area contributed by atoms with Crippen LogP contribution in [-0.4, -0.2) is 48.0 Å². The maximum Gasteiger partial charge on any atom is 0.255 e. The van der Waals surface area contributed by atoms with Gasteiger partial charge in [-0.25, -0.2) is 21.6 Å². The molecule has 14 heteroatoms. The number of rotatable bonds is 7. The van der Waals surface area contributed by atoms with E-state index in [1.165, 1.54) is 12.1 Å². The van der Waals surface area contributed by atoms with Crippen molar-refractivity contribution in [3.63, 3.8) is 0 Å². The van der Waals surface area contributed by atoms with Crippen molar-refractivity contribution in [2.75, 3.05) is 11.9 Å². The maximum atomic E-state index is 13.6. The second-order valence-corrected chi connectivity index (χ2v) is 11.9. The van der Waals surface area contributed by atoms with E-state index in [1.54, 1.807) is 0 Å². The highest BCUT2D eigenvalue weighted by molar-refractivity contribution is 7.92. The number of sulfone groups is 1. The highest BCUT2D eigenvalue weighted by atomic mass is 35.5. The molecule has 1 amide bonds. The van der Waals surface area contributed by atoms with E-state index in [4.69, 9.17) is 17.1 Å². The van der Waals surface area contributed by atoms with Gasteiger partial charge in [-0.05, 0) is 61.2 Å². The third kappa shape index (κ3) is 4.89. The molecule has 2 unspecified atom stereocenters. The summed E-state index contributed by atoms with van der Waals surface area (Å²) in [6.45, 7) is -0.345. The lowest BCUT2D eigenvalue weighted by Crippen LogP contribution is -2.56. The van der Waals surface area contributed by atoms with Crippen LogP contribution in [0.1, 0.15) is 36.0 Å². The molecule has 2 bridgehead atoms. The van der Waals surface area contributed by atoms with E-state index >= 15 is 0 Å². The van der Waals surface area contributed by atoms with Gasteiger partial charge in [0.2, 0.25) is 0 Å². The van der Waals surface area contributed by atoms with Crippen molar-refractivity contribution in [1.29, 1.82) is 0 Å². The van der Waals surface area contributed by atoms with E-state index in [-0.39, 0.29) is 40.6 Å². The first kappa shape index (κ1) is 27.2. The largest absolute Gasteiger partial charge is 0.390 e. The van der Waals surface area contributed by atoms with Gasteiger partial charge in [0.15, 0.2) is 27.3 Å². The van der Waals surface area contributed by atoms with E-state index in [2.05, 4.69) is 15.3 Å². The van der Waals surface area contributed by atoms with Crippen molar-refractivity contribution in [3.05, 3.63) is 68.8 Å². The Morgan fingerprint density at radius 3 is 2.35 bits per heavy atom. The molecule has 2 fully saturated rings. The van der Waals surface area contributed by atoms with Gasteiger partial charge < -0.3 is 15.5 Å². The minimum Gasteiger partial charge on any atom is -0.390 e. The predicted molar refractivity (Wildman–Crippen MR) is 127 cm³/mol. The Kier molecular flexibility index (Phi) is 7.46. The molecule has 0 heterocycles. The molecule has 198 valence electrons. The average molecular weight is 559 g/mol. The molecular formula is C23H22ClF3N4O5S. The van der Waals surface area contributed by atoms with Gasteiger partial charge in [-0.15, -0.1) is 0 Å². The Labute approximate surface area is 214 Å². The molecule has 2 aliphatic rings. The zero-order valence-corrected chi connectivity index (χ0v) is 20.7. The summed E-state index contributed by atoms with van der Waals surface area (Å²) in [7, 11) is -4.12. The number of nitrogens with one attached hydrogen (secondary N) is 1. The Morgan fingerprint density at radius 2 is 1.78 bits per heavy atom. The molecule has 5 atom stereocenters. The smallest absolute Gasteiger partial charge is 0.255 e. The molecule has 2 aromatic carbocycles. The van der Waals surface area contributed by atoms with Crippen LogP contribution < -0.4 is 5.32 Å². The number of benzene rings is 2. The highest BCUT2D eigenvalue weighted by Crippen LogP contribution is 2.53. The molecule has 2 aromatic rings. The number of nitrogens with zero attached hydrogens (tertiary/aromatic N) is 3. The lowest BCUT2D eigenvalue weighted by atomic mass is 9.71. The number of halogens is 4. The molecule has 0 aromatic heterocycles. The number of anilines is 1. The molecule has 0 saturated heterocycles. The van der Waals surface area contributed by atoms with Crippen molar-refractivity contribution in [2.24, 2.45) is 17.0 Å². The predicted octanol–water partition coefficient (Wildman–Crippen LogP) is 4.37. The molecule has 9 nitrogen and oxygen atoms in total. The van der Waals surface area contributed by atoms with Crippen LogP contribution in [0.25, 0.3) is 10.4 Å². The van der Waals surface area contributed by atoms with Gasteiger partial charge in [0.05, 0.1) is 33.4 Å². The zero-order chi connectivity index (χ0) is 27.1. The van der Waals surface area contributed by atoms with Gasteiger partial charge in [0.1, 0.15) is 0 Å². The number of hydrogen-bond acceptors (Lipinski definition) is 6. The van der Waals surface area contributed by atoms with Crippen LogP contribution in [0.3, 0.4) is 0 Å². The molecule has 4 rings (SSSR count). The van der Waals surface area contributed by atoms with E-state index in [1.807, 2.05) is 0 Å². The van der Waals surface area contributed by atoms with E-state index in [0.717, 1.165) is 6.07 Å². The fourth-order valence-electron chi connectivity index (χ4n) is 5.47. The molecule has 0 spiro atoms. The Bertz CT molecular complexity index is 1370. The van der Waals surface area contributed by atoms with Crippen molar-refractivity contribution >= 4 is 33.0 Å². The molecule has 2 aliphatic carbocycles. The maximum absolute atomic E-state index is 13.6. The van der Waals surface area contributed by atoms with Gasteiger partial charge in [-0.1, -0.05) is 16.7 Å². The van der Waals surface area contributed by atoms with Crippen LogP contribution in [0.15, 0.2) is 40.3 Å². The van der Waals surface area contributed by atoms with Crippen LogP contribution >= 0.6 is 11.6 Å². The topological polar surface area (TPSA) is 152 Å². The normalized spacial score (nSPS) is 25.8. The molecular weight excluding hydrogens is 537 g/mol. The number of hydrogen-bond donors (Lipinski definition) is 3. The molecule has 37 heavy (non-hydrogen) atoms. The quantitative estimate of drug-likeness (QED) is 0.199. The number of carbonyl (C=O) groups is 1. The van der Waals surface area contributed by atoms with Gasteiger partial charge >= 0.3 is 0 Å². The van der Waals surface area contributed by atoms with E-state index < -0.39 is 62.0 Å². The molecule has 0 aliphatic heterocycles. The van der Waals surface area contributed by atoms with Crippen LogP contribution in [0.2, 0.25) is 5.02 Å². The van der Waals surface area contributed by atoms with E-state index in [9.17, 15) is 36.6 Å². The number of aliphatic hydroxyl groups is 2. The first-order valence-electron chi connectivity index (χ1n) is 11.3. The molecule has 0 radical (unpaired) electrons. The van der Waals surface area contributed by atoms with Crippen LogP contribution in [0.5, 0.6) is 0 Å². The van der Waals surface area contributed by atoms with Crippen molar-refractivity contribution in [2.45, 2.75) is 47.5 Å². The summed E-state index contributed by atoms with van der Waals surface area (Å²) < 4.78 is 67.3. The number of fused-ring (bicyclic) bond motifs is 2. The van der Waals surface area contributed by atoms with Crippen molar-refractivity contribution in [1.82, 2.24) is 0 Å². The second kappa shape index (κ2) is 10.1. The minimum atomic E-state index is -4.12. The summed E-state index contributed by atoms with van der Waals surface area (Å²) in [5.74, 6) is -6.75. The van der Waals surface area contributed by atoms with Gasteiger partial charge in [-0.3, -0.25) is 4.79 Å². The third-order valence-electron chi connectivity index (χ3n) is 7.30. The summed E-state index contributed by atoms with van der Waals surface area (Å²) in [6.07, 6.45) is -0.364. The fourth-order valence-corrected chi connectivity index (χ4v) is 7.87. The Balaban J connectivity index is 1.58. The monoisotopic (exact) mass is 558 g/mol. The Hall–Kier alpha value is -2.83. The zero-order valence-electron chi connectivity index (χ0n) is 19.1. The summed E-state index contributed by atoms with van der Waals surface area (Å²) in [5.41, 5.74) is 6.39. The fraction of sp³-hybridized carbons (Fsp3) is 0.435. The Morgan fingerprint density at radius 1 is 1.19 bits per heavy atom. The lowest BCUT2D eigenvalue weighted by molar-refractivity contribution is -0.137. The minimum absolute atomic E-state index is 0.0174. The van der Waals surface area contributed by atoms with Crippen molar-refractivity contribution in [3.8, 4) is 0 Å². The summed E-state index contributed by atoms with van der Waals surface area (Å²) in [4.78, 5) is 14.9.